The number of hydrogen-bond acceptors (Lipinski definition) is 2. The molecule has 0 radical (unpaired) electrons. The van der Waals surface area contributed by atoms with Gasteiger partial charge in [-0.2, -0.15) is 0 Å². The zero-order valence-corrected chi connectivity index (χ0v) is 12.5. The summed E-state index contributed by atoms with van der Waals surface area (Å²) in [6, 6.07) is 6.41. The third-order valence-corrected chi connectivity index (χ3v) is 4.63. The topological polar surface area (TPSA) is 32.3 Å². The molecule has 1 saturated carbocycles. The molecule has 2 unspecified atom stereocenters. The van der Waals surface area contributed by atoms with Gasteiger partial charge in [0.05, 0.1) is 4.47 Å². The first-order chi connectivity index (χ1) is 8.68. The van der Waals surface area contributed by atoms with Crippen molar-refractivity contribution in [3.05, 3.63) is 28.2 Å². The maximum Gasteiger partial charge on any atom is 0.134 e. The molecule has 0 heterocycles. The number of halogens is 1. The van der Waals surface area contributed by atoms with E-state index < -0.39 is 0 Å². The summed E-state index contributed by atoms with van der Waals surface area (Å²) in [6.07, 6.45) is 6.64. The Morgan fingerprint density at radius 2 is 2.06 bits per heavy atom. The number of phenolic OH excluding ortho intramolecular Hbond substituents is 1. The highest BCUT2D eigenvalue weighted by Gasteiger charge is 2.19. The summed E-state index contributed by atoms with van der Waals surface area (Å²) < 4.78 is 0.774. The SMILES string of the molecule is CC1CCCCCC1NCc1cccc(Br)c1O. The van der Waals surface area contributed by atoms with Gasteiger partial charge in [0.15, 0.2) is 0 Å². The molecule has 0 amide bonds. The average molecular weight is 312 g/mol. The van der Waals surface area contributed by atoms with Gasteiger partial charge >= 0.3 is 0 Å². The van der Waals surface area contributed by atoms with Crippen LogP contribution in [-0.4, -0.2) is 11.1 Å². The third-order valence-electron chi connectivity index (χ3n) is 3.99. The van der Waals surface area contributed by atoms with Crippen LogP contribution in [0.2, 0.25) is 0 Å². The Hall–Kier alpha value is -0.540. The lowest BCUT2D eigenvalue weighted by atomic mass is 9.97. The van der Waals surface area contributed by atoms with Crippen LogP contribution in [0.25, 0.3) is 0 Å². The molecule has 0 aromatic heterocycles. The molecule has 1 fully saturated rings. The highest BCUT2D eigenvalue weighted by Crippen LogP contribution is 2.28. The molecule has 1 aromatic rings. The molecule has 0 saturated heterocycles. The average Bonchev–Trinajstić information content (AvgIpc) is 2.56. The molecular formula is C15H22BrNO. The second-order valence-electron chi connectivity index (χ2n) is 5.35. The van der Waals surface area contributed by atoms with E-state index in [9.17, 15) is 5.11 Å². The van der Waals surface area contributed by atoms with E-state index in [0.717, 1.165) is 22.5 Å². The van der Waals surface area contributed by atoms with Gasteiger partial charge in [-0.15, -0.1) is 0 Å². The van der Waals surface area contributed by atoms with Crippen molar-refractivity contribution in [2.45, 2.75) is 51.6 Å². The minimum Gasteiger partial charge on any atom is -0.506 e. The van der Waals surface area contributed by atoms with Crippen molar-refractivity contribution in [3.8, 4) is 5.75 Å². The van der Waals surface area contributed by atoms with Crippen molar-refractivity contribution < 1.29 is 5.11 Å². The fourth-order valence-electron chi connectivity index (χ4n) is 2.74. The highest BCUT2D eigenvalue weighted by molar-refractivity contribution is 9.10. The first kappa shape index (κ1) is 13.9. The molecule has 0 aliphatic heterocycles. The Balaban J connectivity index is 1.95. The van der Waals surface area contributed by atoms with Gasteiger partial charge in [-0.25, -0.2) is 0 Å². The van der Waals surface area contributed by atoms with E-state index in [2.05, 4.69) is 28.2 Å². The molecule has 0 bridgehead atoms. The summed E-state index contributed by atoms with van der Waals surface area (Å²) in [6.45, 7) is 3.09. The summed E-state index contributed by atoms with van der Waals surface area (Å²) >= 11 is 3.36. The van der Waals surface area contributed by atoms with Gasteiger partial charge in [-0.05, 0) is 40.8 Å². The fourth-order valence-corrected chi connectivity index (χ4v) is 3.15. The van der Waals surface area contributed by atoms with E-state index >= 15 is 0 Å². The van der Waals surface area contributed by atoms with Gasteiger partial charge < -0.3 is 10.4 Å². The summed E-state index contributed by atoms with van der Waals surface area (Å²) in [5.41, 5.74) is 0.973. The second kappa shape index (κ2) is 6.58. The van der Waals surface area contributed by atoms with Gasteiger partial charge in [0, 0.05) is 18.2 Å². The summed E-state index contributed by atoms with van der Waals surface area (Å²) in [5, 5.41) is 13.6. The van der Waals surface area contributed by atoms with Crippen molar-refractivity contribution >= 4 is 15.9 Å². The summed E-state index contributed by atoms with van der Waals surface area (Å²) in [5.74, 6) is 1.10. The Labute approximate surface area is 118 Å². The number of nitrogens with one attached hydrogen (secondary N) is 1. The van der Waals surface area contributed by atoms with Crippen LogP contribution >= 0.6 is 15.9 Å². The van der Waals surface area contributed by atoms with Gasteiger partial charge in [-0.1, -0.05) is 38.3 Å². The molecular weight excluding hydrogens is 290 g/mol. The van der Waals surface area contributed by atoms with Crippen LogP contribution in [0.5, 0.6) is 5.75 Å². The normalized spacial score (nSPS) is 24.8. The quantitative estimate of drug-likeness (QED) is 0.819. The molecule has 2 atom stereocenters. The first-order valence-electron chi connectivity index (χ1n) is 6.88. The number of hydrogen-bond donors (Lipinski definition) is 2. The van der Waals surface area contributed by atoms with Crippen LogP contribution in [0.1, 0.15) is 44.6 Å². The molecule has 2 rings (SSSR count). The Morgan fingerprint density at radius 3 is 2.89 bits per heavy atom. The van der Waals surface area contributed by atoms with Crippen molar-refractivity contribution in [3.63, 3.8) is 0 Å². The Morgan fingerprint density at radius 1 is 1.28 bits per heavy atom. The smallest absolute Gasteiger partial charge is 0.134 e. The van der Waals surface area contributed by atoms with Crippen molar-refractivity contribution in [1.82, 2.24) is 5.32 Å². The molecule has 1 aliphatic rings. The first-order valence-corrected chi connectivity index (χ1v) is 7.67. The van der Waals surface area contributed by atoms with Crippen molar-refractivity contribution in [2.75, 3.05) is 0 Å². The van der Waals surface area contributed by atoms with Crippen LogP contribution in [-0.2, 0) is 6.54 Å². The van der Waals surface area contributed by atoms with Crippen LogP contribution in [0.15, 0.2) is 22.7 Å². The predicted molar refractivity (Wildman–Crippen MR) is 78.7 cm³/mol. The van der Waals surface area contributed by atoms with Crippen LogP contribution in [0.3, 0.4) is 0 Å². The molecule has 0 spiro atoms. The van der Waals surface area contributed by atoms with Gasteiger partial charge in [0.2, 0.25) is 0 Å². The third kappa shape index (κ3) is 3.48. The number of benzene rings is 1. The van der Waals surface area contributed by atoms with E-state index in [1.807, 2.05) is 18.2 Å². The molecule has 2 N–H and O–H groups in total. The van der Waals surface area contributed by atoms with Crippen LogP contribution in [0.4, 0.5) is 0 Å². The van der Waals surface area contributed by atoms with Gasteiger partial charge in [-0.3, -0.25) is 0 Å². The van der Waals surface area contributed by atoms with Gasteiger partial charge in [0.25, 0.3) is 0 Å². The Kier molecular flexibility index (Phi) is 5.07. The van der Waals surface area contributed by atoms with E-state index in [0.29, 0.717) is 11.8 Å². The Bertz CT molecular complexity index is 394. The van der Waals surface area contributed by atoms with Crippen LogP contribution in [0, 0.1) is 5.92 Å². The number of phenols is 1. The maximum atomic E-state index is 9.96. The molecule has 100 valence electrons. The predicted octanol–water partition coefficient (Wildman–Crippen LogP) is 4.21. The largest absolute Gasteiger partial charge is 0.506 e. The summed E-state index contributed by atoms with van der Waals surface area (Å²) in [7, 11) is 0. The zero-order chi connectivity index (χ0) is 13.0. The lowest BCUT2D eigenvalue weighted by molar-refractivity contribution is 0.353. The number of para-hydroxylation sites is 1. The maximum absolute atomic E-state index is 9.96. The molecule has 2 nitrogen and oxygen atoms in total. The minimum absolute atomic E-state index is 0.367. The lowest BCUT2D eigenvalue weighted by Gasteiger charge is -2.23. The molecule has 3 heteroatoms. The zero-order valence-electron chi connectivity index (χ0n) is 11.0. The standard InChI is InChI=1S/C15H22BrNO/c1-11-6-3-2-4-9-14(11)17-10-12-7-5-8-13(16)15(12)18/h5,7-8,11,14,17-18H,2-4,6,9-10H2,1H3. The van der Waals surface area contributed by atoms with Gasteiger partial charge in [0.1, 0.15) is 5.75 Å². The number of rotatable bonds is 3. The minimum atomic E-state index is 0.367. The second-order valence-corrected chi connectivity index (χ2v) is 6.20. The van der Waals surface area contributed by atoms with E-state index in [1.54, 1.807) is 0 Å². The molecule has 18 heavy (non-hydrogen) atoms. The lowest BCUT2D eigenvalue weighted by Crippen LogP contribution is -2.33. The monoisotopic (exact) mass is 311 g/mol. The van der Waals surface area contributed by atoms with E-state index in [1.165, 1.54) is 32.1 Å². The fraction of sp³-hybridized carbons (Fsp3) is 0.600. The van der Waals surface area contributed by atoms with E-state index in [4.69, 9.17) is 0 Å². The van der Waals surface area contributed by atoms with Crippen molar-refractivity contribution in [1.29, 1.82) is 0 Å². The van der Waals surface area contributed by atoms with E-state index in [-0.39, 0.29) is 0 Å². The highest BCUT2D eigenvalue weighted by atomic mass is 79.9. The molecule has 1 aromatic carbocycles. The number of aromatic hydroxyl groups is 1. The summed E-state index contributed by atoms with van der Waals surface area (Å²) in [4.78, 5) is 0. The van der Waals surface area contributed by atoms with Crippen molar-refractivity contribution in [2.24, 2.45) is 5.92 Å². The van der Waals surface area contributed by atoms with Crippen LogP contribution < -0.4 is 5.32 Å². The molecule has 1 aliphatic carbocycles.